The Kier molecular flexibility index (Phi) is 2.00. The number of thiophene rings is 1. The summed E-state index contributed by atoms with van der Waals surface area (Å²) >= 11 is 13.9. The predicted molar refractivity (Wildman–Crippen MR) is 68.3 cm³/mol. The van der Waals surface area contributed by atoms with E-state index in [1.54, 1.807) is 17.4 Å². The predicted octanol–water partition coefficient (Wildman–Crippen LogP) is 4.70. The van der Waals surface area contributed by atoms with Gasteiger partial charge in [-0.05, 0) is 23.6 Å². The summed E-state index contributed by atoms with van der Waals surface area (Å²) in [6.07, 6.45) is 0. The molecular weight excluding hydrogens is 249 g/mol. The molecule has 1 aromatic carbocycles. The first-order valence-electron chi connectivity index (χ1n) is 4.49. The lowest BCUT2D eigenvalue weighted by Crippen LogP contribution is -1.85. The van der Waals surface area contributed by atoms with Gasteiger partial charge in [-0.25, -0.2) is 0 Å². The summed E-state index contributed by atoms with van der Waals surface area (Å²) in [6, 6.07) is 5.85. The van der Waals surface area contributed by atoms with Crippen LogP contribution in [-0.2, 0) is 7.05 Å². The van der Waals surface area contributed by atoms with Crippen LogP contribution in [0.4, 0.5) is 0 Å². The van der Waals surface area contributed by atoms with Crippen molar-refractivity contribution in [2.75, 3.05) is 0 Å². The van der Waals surface area contributed by atoms with E-state index in [9.17, 15) is 0 Å². The lowest BCUT2D eigenvalue weighted by Gasteiger charge is -1.99. The molecule has 0 fully saturated rings. The van der Waals surface area contributed by atoms with Crippen molar-refractivity contribution in [2.45, 2.75) is 0 Å². The highest BCUT2D eigenvalue weighted by atomic mass is 35.5. The van der Waals surface area contributed by atoms with Crippen molar-refractivity contribution >= 4 is 55.7 Å². The van der Waals surface area contributed by atoms with E-state index in [0.29, 0.717) is 5.02 Å². The summed E-state index contributed by atoms with van der Waals surface area (Å²) in [4.78, 5) is 0. The molecule has 0 bridgehead atoms. The highest BCUT2D eigenvalue weighted by Crippen LogP contribution is 2.38. The molecule has 0 aliphatic heterocycles. The molecule has 0 aliphatic rings. The third-order valence-corrected chi connectivity index (χ3v) is 4.07. The lowest BCUT2D eigenvalue weighted by atomic mass is 10.2. The van der Waals surface area contributed by atoms with Crippen molar-refractivity contribution in [3.63, 3.8) is 0 Å². The van der Waals surface area contributed by atoms with Crippen LogP contribution in [0.25, 0.3) is 21.1 Å². The van der Waals surface area contributed by atoms with Crippen LogP contribution in [0.1, 0.15) is 0 Å². The average Bonchev–Trinajstić information content (AvgIpc) is 2.71. The molecule has 0 amide bonds. The Hall–Kier alpha value is -0.700. The van der Waals surface area contributed by atoms with E-state index in [1.807, 2.05) is 13.1 Å². The third-order valence-electron chi connectivity index (χ3n) is 2.63. The molecule has 3 aromatic rings. The second-order valence-corrected chi connectivity index (χ2v) is 5.24. The second-order valence-electron chi connectivity index (χ2n) is 3.48. The molecule has 0 radical (unpaired) electrons. The first-order valence-corrected chi connectivity index (χ1v) is 6.12. The van der Waals surface area contributed by atoms with Crippen molar-refractivity contribution in [1.82, 2.24) is 4.57 Å². The number of fused-ring (bicyclic) bond motifs is 3. The van der Waals surface area contributed by atoms with Crippen LogP contribution in [0.15, 0.2) is 23.6 Å². The van der Waals surface area contributed by atoms with E-state index in [4.69, 9.17) is 23.2 Å². The molecule has 1 nitrogen and oxygen atoms in total. The molecule has 76 valence electrons. The maximum atomic E-state index is 6.22. The molecular formula is C11H7Cl2NS. The largest absolute Gasteiger partial charge is 0.343 e. The molecule has 2 heterocycles. The van der Waals surface area contributed by atoms with Crippen LogP contribution in [0, 0.1) is 0 Å². The fourth-order valence-electron chi connectivity index (χ4n) is 1.93. The summed E-state index contributed by atoms with van der Waals surface area (Å²) in [7, 11) is 2.03. The fourth-order valence-corrected chi connectivity index (χ4v) is 3.56. The number of benzene rings is 1. The van der Waals surface area contributed by atoms with Crippen LogP contribution >= 0.6 is 34.5 Å². The first kappa shape index (κ1) is 9.52. The molecule has 0 saturated heterocycles. The molecule has 0 spiro atoms. The minimum absolute atomic E-state index is 0.681. The van der Waals surface area contributed by atoms with Crippen molar-refractivity contribution in [2.24, 2.45) is 7.05 Å². The molecule has 0 unspecified atom stereocenters. The summed E-state index contributed by atoms with van der Waals surface area (Å²) < 4.78 is 3.35. The zero-order chi connectivity index (χ0) is 10.6. The maximum Gasteiger partial charge on any atom is 0.0615 e. The van der Waals surface area contributed by atoms with Gasteiger partial charge in [-0.3, -0.25) is 0 Å². The van der Waals surface area contributed by atoms with Gasteiger partial charge in [-0.2, -0.15) is 0 Å². The molecule has 0 N–H and O–H groups in total. The van der Waals surface area contributed by atoms with Gasteiger partial charge in [0.25, 0.3) is 0 Å². The zero-order valence-corrected chi connectivity index (χ0v) is 10.2. The summed E-state index contributed by atoms with van der Waals surface area (Å²) in [5.41, 5.74) is 2.30. The van der Waals surface area contributed by atoms with Crippen molar-refractivity contribution in [1.29, 1.82) is 0 Å². The Balaban J connectivity index is 2.67. The van der Waals surface area contributed by atoms with Gasteiger partial charge in [0.1, 0.15) is 0 Å². The third kappa shape index (κ3) is 1.22. The minimum Gasteiger partial charge on any atom is -0.343 e. The number of rotatable bonds is 0. The Morgan fingerprint density at radius 1 is 1.20 bits per heavy atom. The van der Waals surface area contributed by atoms with Crippen LogP contribution in [-0.4, -0.2) is 4.57 Å². The van der Waals surface area contributed by atoms with Crippen LogP contribution in [0.5, 0.6) is 0 Å². The van der Waals surface area contributed by atoms with Gasteiger partial charge < -0.3 is 4.57 Å². The SMILES string of the molecule is Cn1c2ccsc2c2c(Cl)cc(Cl)cc21. The molecule has 15 heavy (non-hydrogen) atoms. The van der Waals surface area contributed by atoms with Crippen molar-refractivity contribution in [3.05, 3.63) is 33.6 Å². The highest BCUT2D eigenvalue weighted by molar-refractivity contribution is 7.18. The second kappa shape index (κ2) is 3.14. The van der Waals surface area contributed by atoms with Gasteiger partial charge in [-0.15, -0.1) is 11.3 Å². The van der Waals surface area contributed by atoms with E-state index < -0.39 is 0 Å². The Morgan fingerprint density at radius 3 is 2.80 bits per heavy atom. The number of hydrogen-bond acceptors (Lipinski definition) is 1. The average molecular weight is 256 g/mol. The van der Waals surface area contributed by atoms with E-state index in [2.05, 4.69) is 16.0 Å². The van der Waals surface area contributed by atoms with E-state index >= 15 is 0 Å². The molecule has 0 atom stereocenters. The monoisotopic (exact) mass is 255 g/mol. The van der Waals surface area contributed by atoms with E-state index in [-0.39, 0.29) is 0 Å². The van der Waals surface area contributed by atoms with Crippen LogP contribution in [0.2, 0.25) is 10.0 Å². The number of nitrogens with zero attached hydrogens (tertiary/aromatic N) is 1. The minimum atomic E-state index is 0.681. The topological polar surface area (TPSA) is 4.93 Å². The molecule has 0 aliphatic carbocycles. The van der Waals surface area contributed by atoms with E-state index in [1.165, 1.54) is 10.2 Å². The molecule has 3 rings (SSSR count). The zero-order valence-electron chi connectivity index (χ0n) is 7.92. The summed E-state index contributed by atoms with van der Waals surface area (Å²) in [5.74, 6) is 0. The Bertz CT molecular complexity index is 666. The van der Waals surface area contributed by atoms with E-state index in [0.717, 1.165) is 15.9 Å². The van der Waals surface area contributed by atoms with Crippen molar-refractivity contribution in [3.8, 4) is 0 Å². The maximum absolute atomic E-state index is 6.22. The quantitative estimate of drug-likeness (QED) is 0.549. The van der Waals surface area contributed by atoms with Crippen LogP contribution < -0.4 is 0 Å². The van der Waals surface area contributed by atoms with Gasteiger partial charge in [0.15, 0.2) is 0 Å². The number of aromatic nitrogens is 1. The fraction of sp³-hybridized carbons (Fsp3) is 0.0909. The Morgan fingerprint density at radius 2 is 2.00 bits per heavy atom. The van der Waals surface area contributed by atoms with Crippen molar-refractivity contribution < 1.29 is 0 Å². The highest BCUT2D eigenvalue weighted by Gasteiger charge is 2.12. The summed E-state index contributed by atoms with van der Waals surface area (Å²) in [5, 5.41) is 4.59. The standard InChI is InChI=1S/C11H7Cl2NS/c1-14-8-2-3-15-11(8)10-7(13)4-6(12)5-9(10)14/h2-5H,1H3. The number of aryl methyl sites for hydroxylation is 1. The van der Waals surface area contributed by atoms with Gasteiger partial charge in [0.05, 0.1) is 20.8 Å². The van der Waals surface area contributed by atoms with Gasteiger partial charge in [0.2, 0.25) is 0 Å². The smallest absolute Gasteiger partial charge is 0.0615 e. The Labute approximate surface area is 101 Å². The summed E-state index contributed by atoms with van der Waals surface area (Å²) in [6.45, 7) is 0. The van der Waals surface area contributed by atoms with Crippen LogP contribution in [0.3, 0.4) is 0 Å². The molecule has 4 heteroatoms. The van der Waals surface area contributed by atoms with Gasteiger partial charge in [0, 0.05) is 17.5 Å². The normalized spacial score (nSPS) is 11.7. The molecule has 0 saturated carbocycles. The number of hydrogen-bond donors (Lipinski definition) is 0. The number of halogens is 2. The first-order chi connectivity index (χ1) is 7.18. The lowest BCUT2D eigenvalue weighted by molar-refractivity contribution is 1.02. The van der Waals surface area contributed by atoms with Gasteiger partial charge in [-0.1, -0.05) is 23.2 Å². The molecule has 2 aromatic heterocycles. The van der Waals surface area contributed by atoms with Gasteiger partial charge >= 0.3 is 0 Å².